The van der Waals surface area contributed by atoms with E-state index in [1.807, 2.05) is 48.0 Å². The Morgan fingerprint density at radius 2 is 1.52 bits per heavy atom. The molecule has 0 aliphatic rings. The van der Waals surface area contributed by atoms with Gasteiger partial charge in [-0.15, -0.1) is 0 Å². The van der Waals surface area contributed by atoms with Crippen molar-refractivity contribution in [2.24, 2.45) is 7.05 Å². The first-order chi connectivity index (χ1) is 13.8. The summed E-state index contributed by atoms with van der Waals surface area (Å²) in [4.78, 5) is 25.8. The second kappa shape index (κ2) is 8.84. The van der Waals surface area contributed by atoms with Crippen molar-refractivity contribution in [3.8, 4) is 0 Å². The van der Waals surface area contributed by atoms with Gasteiger partial charge < -0.3 is 19.0 Å². The van der Waals surface area contributed by atoms with Gasteiger partial charge in [-0.05, 0) is 30.3 Å². The molecule has 0 radical (unpaired) electrons. The number of fused-ring (bicyclic) bond motifs is 2. The monoisotopic (exact) mass is 520 g/mol. The van der Waals surface area contributed by atoms with Gasteiger partial charge in [0.15, 0.2) is 0 Å². The first-order valence-corrected chi connectivity index (χ1v) is 10.1. The third-order valence-corrected chi connectivity index (χ3v) is 5.39. The number of aromatic nitrogens is 2. The van der Waals surface area contributed by atoms with Crippen LogP contribution < -0.4 is 0 Å². The Labute approximate surface area is 184 Å². The zero-order valence-electron chi connectivity index (χ0n) is 16.0. The Morgan fingerprint density at radius 1 is 0.897 bits per heavy atom. The number of benzene rings is 2. The number of methoxy groups -OCH3 is 2. The highest BCUT2D eigenvalue weighted by Gasteiger charge is 2.14. The first-order valence-electron chi connectivity index (χ1n) is 8.53. The molecule has 0 saturated heterocycles. The van der Waals surface area contributed by atoms with E-state index in [-0.39, 0.29) is 11.9 Å². The molecule has 2 aromatic heterocycles. The molecule has 2 heterocycles. The Bertz CT molecular complexity index is 1210. The molecular weight excluding hydrogens is 504 g/mol. The van der Waals surface area contributed by atoms with Gasteiger partial charge in [-0.25, -0.2) is 9.59 Å². The molecule has 0 saturated carbocycles. The molecule has 29 heavy (non-hydrogen) atoms. The minimum Gasteiger partial charge on any atom is -0.465 e. The summed E-state index contributed by atoms with van der Waals surface area (Å²) < 4.78 is 13.2. The van der Waals surface area contributed by atoms with Crippen LogP contribution in [-0.4, -0.2) is 35.7 Å². The fraction of sp³-hybridized carbons (Fsp3) is 0.143. The van der Waals surface area contributed by atoms with E-state index in [2.05, 4.69) is 41.6 Å². The van der Waals surface area contributed by atoms with Crippen LogP contribution in [0, 0.1) is 0 Å². The molecule has 4 aromatic rings. The molecule has 0 amide bonds. The van der Waals surface area contributed by atoms with Gasteiger partial charge in [0.05, 0.1) is 25.3 Å². The van der Waals surface area contributed by atoms with Crippen LogP contribution in [0.1, 0.15) is 20.7 Å². The fourth-order valence-corrected chi connectivity index (χ4v) is 3.71. The van der Waals surface area contributed by atoms with E-state index in [1.165, 1.54) is 14.2 Å². The summed E-state index contributed by atoms with van der Waals surface area (Å²) in [6, 6.07) is 11.5. The van der Waals surface area contributed by atoms with Crippen molar-refractivity contribution in [2.75, 3.05) is 14.2 Å². The Morgan fingerprint density at radius 3 is 2.21 bits per heavy atom. The van der Waals surface area contributed by atoms with Crippen molar-refractivity contribution in [3.05, 3.63) is 68.9 Å². The number of hydrogen-bond acceptors (Lipinski definition) is 4. The van der Waals surface area contributed by atoms with E-state index in [9.17, 15) is 9.59 Å². The number of carbonyl (C=O) groups excluding carboxylic acids is 2. The summed E-state index contributed by atoms with van der Waals surface area (Å²) >= 11 is 6.76. The molecule has 2 aromatic carbocycles. The number of aromatic amines is 1. The topological polar surface area (TPSA) is 73.3 Å². The van der Waals surface area contributed by atoms with E-state index >= 15 is 0 Å². The maximum absolute atomic E-state index is 11.5. The van der Waals surface area contributed by atoms with Gasteiger partial charge >= 0.3 is 11.9 Å². The minimum atomic E-state index is -0.325. The van der Waals surface area contributed by atoms with Gasteiger partial charge in [0.2, 0.25) is 0 Å². The summed E-state index contributed by atoms with van der Waals surface area (Å²) in [5.74, 6) is -0.628. The Kier molecular flexibility index (Phi) is 6.44. The molecule has 150 valence electrons. The van der Waals surface area contributed by atoms with E-state index < -0.39 is 0 Å². The van der Waals surface area contributed by atoms with Crippen LogP contribution in [0.15, 0.2) is 57.7 Å². The van der Waals surface area contributed by atoms with Crippen molar-refractivity contribution >= 4 is 65.6 Å². The molecule has 0 atom stereocenters. The molecule has 0 spiro atoms. The third-order valence-electron chi connectivity index (χ3n) is 4.41. The first kappa shape index (κ1) is 21.1. The van der Waals surface area contributed by atoms with Crippen LogP contribution in [0.3, 0.4) is 0 Å². The van der Waals surface area contributed by atoms with Gasteiger partial charge in [-0.1, -0.05) is 37.9 Å². The van der Waals surface area contributed by atoms with Gasteiger partial charge in [0.25, 0.3) is 0 Å². The largest absolute Gasteiger partial charge is 0.465 e. The lowest BCUT2D eigenvalue weighted by Crippen LogP contribution is -1.99. The van der Waals surface area contributed by atoms with Gasteiger partial charge in [-0.3, -0.25) is 0 Å². The second-order valence-electron chi connectivity index (χ2n) is 6.19. The number of rotatable bonds is 2. The number of nitrogens with one attached hydrogen (secondary N) is 1. The van der Waals surface area contributed by atoms with E-state index in [0.717, 1.165) is 30.8 Å². The predicted molar refractivity (Wildman–Crippen MR) is 119 cm³/mol. The van der Waals surface area contributed by atoms with Gasteiger partial charge in [0.1, 0.15) is 0 Å². The Balaban J connectivity index is 0.000000166. The maximum atomic E-state index is 11.5. The van der Waals surface area contributed by atoms with Crippen LogP contribution in [0.25, 0.3) is 21.8 Å². The molecule has 4 rings (SSSR count). The molecular formula is C21H18Br2N2O4. The number of H-pyrrole nitrogens is 1. The lowest BCUT2D eigenvalue weighted by Gasteiger charge is -1.97. The van der Waals surface area contributed by atoms with Crippen LogP contribution in [0.2, 0.25) is 0 Å². The highest BCUT2D eigenvalue weighted by atomic mass is 79.9. The lowest BCUT2D eigenvalue weighted by atomic mass is 10.2. The van der Waals surface area contributed by atoms with Crippen molar-refractivity contribution in [1.29, 1.82) is 0 Å². The quantitative estimate of drug-likeness (QED) is 0.356. The van der Waals surface area contributed by atoms with Crippen molar-refractivity contribution < 1.29 is 19.1 Å². The number of nitrogens with zero attached hydrogens (tertiary/aromatic N) is 1. The minimum absolute atomic E-state index is 0.303. The molecule has 8 heteroatoms. The number of hydrogen-bond donors (Lipinski definition) is 1. The average Bonchev–Trinajstić information content (AvgIpc) is 3.28. The normalized spacial score (nSPS) is 10.5. The molecule has 0 aliphatic heterocycles. The van der Waals surface area contributed by atoms with Crippen molar-refractivity contribution in [1.82, 2.24) is 9.55 Å². The van der Waals surface area contributed by atoms with E-state index in [4.69, 9.17) is 4.74 Å². The van der Waals surface area contributed by atoms with E-state index in [0.29, 0.717) is 11.1 Å². The highest BCUT2D eigenvalue weighted by molar-refractivity contribution is 9.10. The summed E-state index contributed by atoms with van der Waals surface area (Å²) in [6.45, 7) is 0. The molecule has 0 bridgehead atoms. The number of esters is 2. The molecule has 0 unspecified atom stereocenters. The average molecular weight is 522 g/mol. The van der Waals surface area contributed by atoms with Crippen LogP contribution in [-0.2, 0) is 16.5 Å². The van der Waals surface area contributed by atoms with Gasteiger partial charge in [-0.2, -0.15) is 0 Å². The number of ether oxygens (including phenoxy) is 2. The molecule has 6 nitrogen and oxygen atoms in total. The second-order valence-corrected chi connectivity index (χ2v) is 8.02. The number of aryl methyl sites for hydroxylation is 1. The zero-order valence-corrected chi connectivity index (χ0v) is 19.1. The fourth-order valence-electron chi connectivity index (χ4n) is 3.00. The molecule has 0 aliphatic carbocycles. The van der Waals surface area contributed by atoms with E-state index in [1.54, 1.807) is 12.4 Å². The SMILES string of the molecule is COC(=O)c1c[nH]c2ccc(Br)cc12.COC(=O)c1cn(C)c2cc(Br)ccc12. The van der Waals surface area contributed by atoms with Crippen LogP contribution in [0.4, 0.5) is 0 Å². The summed E-state index contributed by atoms with van der Waals surface area (Å²) in [7, 11) is 4.67. The predicted octanol–water partition coefficient (Wildman–Crippen LogP) is 5.44. The summed E-state index contributed by atoms with van der Waals surface area (Å²) in [5, 5.41) is 1.78. The van der Waals surface area contributed by atoms with Crippen LogP contribution >= 0.6 is 31.9 Å². The standard InChI is InChI=1S/C11H10BrNO2.C10H8BrNO2/c1-13-6-9(11(14)15-2)8-4-3-7(12)5-10(8)13;1-14-10(13)8-5-12-9-3-2-6(11)4-7(8)9/h3-6H,1-2H3;2-5,12H,1H3. The van der Waals surface area contributed by atoms with Crippen molar-refractivity contribution in [2.45, 2.75) is 0 Å². The van der Waals surface area contributed by atoms with Gasteiger partial charge in [0, 0.05) is 50.2 Å². The summed E-state index contributed by atoms with van der Waals surface area (Å²) in [5.41, 5.74) is 3.09. The van der Waals surface area contributed by atoms with Crippen molar-refractivity contribution in [3.63, 3.8) is 0 Å². The molecule has 1 N–H and O–H groups in total. The lowest BCUT2D eigenvalue weighted by molar-refractivity contribution is 0.0594. The van der Waals surface area contributed by atoms with Crippen LogP contribution in [0.5, 0.6) is 0 Å². The number of carbonyl (C=O) groups is 2. The smallest absolute Gasteiger partial charge is 0.340 e. The number of halogens is 2. The highest BCUT2D eigenvalue weighted by Crippen LogP contribution is 2.25. The summed E-state index contributed by atoms with van der Waals surface area (Å²) in [6.07, 6.45) is 3.44. The third kappa shape index (κ3) is 4.38. The Hall–Kier alpha value is -2.58. The maximum Gasteiger partial charge on any atom is 0.340 e. The zero-order chi connectivity index (χ0) is 21.1. The molecule has 0 fully saturated rings.